The van der Waals surface area contributed by atoms with Crippen LogP contribution < -0.4 is 0 Å². The monoisotopic (exact) mass is 418 g/mol. The number of cyclic esters (lactones) is 1. The van der Waals surface area contributed by atoms with E-state index in [1.807, 2.05) is 42.1 Å². The van der Waals surface area contributed by atoms with Gasteiger partial charge in [-0.05, 0) is 30.4 Å². The molecular weight excluding hydrogens is 396 g/mol. The zero-order chi connectivity index (χ0) is 21.8. The third-order valence-electron chi connectivity index (χ3n) is 5.19. The van der Waals surface area contributed by atoms with Crippen LogP contribution in [-0.2, 0) is 26.1 Å². The normalized spacial score (nSPS) is 19.9. The summed E-state index contributed by atoms with van der Waals surface area (Å²) in [5.41, 5.74) is 1.67. The second-order valence-corrected chi connectivity index (χ2v) is 7.49. The molecule has 0 saturated carbocycles. The van der Waals surface area contributed by atoms with Gasteiger partial charge in [-0.25, -0.2) is 9.59 Å². The van der Waals surface area contributed by atoms with E-state index in [1.165, 1.54) is 12.2 Å². The summed E-state index contributed by atoms with van der Waals surface area (Å²) in [5, 5.41) is 10.9. The molecule has 4 rings (SSSR count). The van der Waals surface area contributed by atoms with Crippen molar-refractivity contribution in [1.82, 2.24) is 9.55 Å². The van der Waals surface area contributed by atoms with Crippen LogP contribution in [0.25, 0.3) is 23.1 Å². The number of aliphatic hydroxyl groups is 1. The number of para-hydroxylation sites is 1. The molecule has 158 valence electrons. The van der Waals surface area contributed by atoms with Crippen LogP contribution in [0.4, 0.5) is 0 Å². The third kappa shape index (κ3) is 4.41. The van der Waals surface area contributed by atoms with Crippen LogP contribution in [0.5, 0.6) is 0 Å². The molecule has 1 unspecified atom stereocenters. The summed E-state index contributed by atoms with van der Waals surface area (Å²) in [7, 11) is 1.94. The molecule has 1 aromatic carbocycles. The molecule has 7 heteroatoms. The van der Waals surface area contributed by atoms with Crippen LogP contribution in [0.2, 0.25) is 0 Å². The number of aryl methyl sites for hydroxylation is 1. The average molecular weight is 418 g/mol. The summed E-state index contributed by atoms with van der Waals surface area (Å²) in [6.45, 7) is -0.698. The number of fused-ring (bicyclic) bond motifs is 1. The van der Waals surface area contributed by atoms with Crippen molar-refractivity contribution in [2.24, 2.45) is 7.05 Å². The molecule has 0 spiro atoms. The molecule has 1 aliphatic rings. The summed E-state index contributed by atoms with van der Waals surface area (Å²) < 4.78 is 12.7. The Hall–Kier alpha value is -3.71. The Balaban J connectivity index is 1.47. The van der Waals surface area contributed by atoms with Gasteiger partial charge in [0.15, 0.2) is 5.60 Å². The van der Waals surface area contributed by atoms with Crippen LogP contribution >= 0.6 is 0 Å². The molecule has 31 heavy (non-hydrogen) atoms. The first-order chi connectivity index (χ1) is 15.0. The summed E-state index contributed by atoms with van der Waals surface area (Å²) in [6, 6.07) is 13.2. The maximum atomic E-state index is 12.5. The van der Waals surface area contributed by atoms with Crippen molar-refractivity contribution in [2.75, 3.05) is 13.2 Å². The molecule has 1 fully saturated rings. The number of aromatic nitrogens is 2. The van der Waals surface area contributed by atoms with E-state index in [-0.39, 0.29) is 13.0 Å². The number of rotatable bonds is 6. The van der Waals surface area contributed by atoms with Gasteiger partial charge in [0.2, 0.25) is 0 Å². The number of esters is 2. The van der Waals surface area contributed by atoms with Gasteiger partial charge in [0, 0.05) is 54.0 Å². The van der Waals surface area contributed by atoms with Crippen molar-refractivity contribution in [3.8, 4) is 0 Å². The zero-order valence-electron chi connectivity index (χ0n) is 17.0. The predicted molar refractivity (Wildman–Crippen MR) is 116 cm³/mol. The summed E-state index contributed by atoms with van der Waals surface area (Å²) in [4.78, 5) is 28.6. The summed E-state index contributed by atoms with van der Waals surface area (Å²) in [6.07, 6.45) is 8.24. The Labute approximate surface area is 179 Å². The number of aliphatic hydroxyl groups excluding tert-OH is 1. The Morgan fingerprint density at radius 3 is 2.87 bits per heavy atom. The molecule has 1 aliphatic heterocycles. The van der Waals surface area contributed by atoms with Crippen LogP contribution in [0, 0.1) is 0 Å². The minimum absolute atomic E-state index is 0.142. The summed E-state index contributed by atoms with van der Waals surface area (Å²) >= 11 is 0. The number of benzene rings is 1. The standard InChI is InChI=1S/C24H22N2O5/c1-26-14-18(20-7-2-3-8-21(20)26)12-17-13-24(15-27,31-23(17)29)16-30-22(28)10-9-19-6-4-5-11-25-19/h2-12,14,27H,13,15-16H2,1H3/b10-9+,17-12+. The maximum absolute atomic E-state index is 12.5. The lowest BCUT2D eigenvalue weighted by Gasteiger charge is -2.23. The second kappa shape index (κ2) is 8.57. The van der Waals surface area contributed by atoms with Crippen molar-refractivity contribution in [2.45, 2.75) is 12.0 Å². The van der Waals surface area contributed by atoms with Gasteiger partial charge in [0.05, 0.1) is 12.3 Å². The minimum atomic E-state index is -1.29. The molecule has 0 radical (unpaired) electrons. The quantitative estimate of drug-likeness (QED) is 0.489. The number of carbonyl (C=O) groups is 2. The largest absolute Gasteiger partial charge is 0.458 e. The lowest BCUT2D eigenvalue weighted by Crippen LogP contribution is -2.39. The molecule has 3 heterocycles. The highest BCUT2D eigenvalue weighted by Gasteiger charge is 2.44. The topological polar surface area (TPSA) is 90.7 Å². The minimum Gasteiger partial charge on any atom is -0.458 e. The first kappa shape index (κ1) is 20.6. The first-order valence-electron chi connectivity index (χ1n) is 9.84. The van der Waals surface area contributed by atoms with Gasteiger partial charge < -0.3 is 19.1 Å². The smallest absolute Gasteiger partial charge is 0.334 e. The molecule has 3 aromatic rings. The van der Waals surface area contributed by atoms with Crippen molar-refractivity contribution < 1.29 is 24.2 Å². The van der Waals surface area contributed by atoms with E-state index >= 15 is 0 Å². The fourth-order valence-corrected chi connectivity index (χ4v) is 3.60. The van der Waals surface area contributed by atoms with Crippen molar-refractivity contribution in [3.05, 3.63) is 77.8 Å². The third-order valence-corrected chi connectivity index (χ3v) is 5.19. The second-order valence-electron chi connectivity index (χ2n) is 7.49. The van der Waals surface area contributed by atoms with E-state index in [4.69, 9.17) is 9.47 Å². The molecule has 7 nitrogen and oxygen atoms in total. The Bertz CT molecular complexity index is 1180. The highest BCUT2D eigenvalue weighted by atomic mass is 16.6. The molecule has 0 amide bonds. The van der Waals surface area contributed by atoms with Crippen LogP contribution in [0.15, 0.2) is 66.5 Å². The van der Waals surface area contributed by atoms with Crippen molar-refractivity contribution in [3.63, 3.8) is 0 Å². The lowest BCUT2D eigenvalue weighted by atomic mass is 9.98. The fraction of sp³-hybridized carbons (Fsp3) is 0.208. The van der Waals surface area contributed by atoms with E-state index in [0.717, 1.165) is 16.5 Å². The highest BCUT2D eigenvalue weighted by Crippen LogP contribution is 2.33. The fourth-order valence-electron chi connectivity index (χ4n) is 3.60. The average Bonchev–Trinajstić information content (AvgIpc) is 3.29. The number of carbonyl (C=O) groups excluding carboxylic acids is 2. The lowest BCUT2D eigenvalue weighted by molar-refractivity contribution is -0.163. The number of hydrogen-bond donors (Lipinski definition) is 1. The van der Waals surface area contributed by atoms with Gasteiger partial charge in [-0.3, -0.25) is 4.98 Å². The number of pyridine rings is 1. The maximum Gasteiger partial charge on any atom is 0.334 e. The van der Waals surface area contributed by atoms with E-state index in [9.17, 15) is 14.7 Å². The van der Waals surface area contributed by atoms with E-state index in [1.54, 1.807) is 30.5 Å². The van der Waals surface area contributed by atoms with Gasteiger partial charge in [0.1, 0.15) is 6.61 Å². The first-order valence-corrected chi connectivity index (χ1v) is 9.84. The van der Waals surface area contributed by atoms with Gasteiger partial charge in [-0.1, -0.05) is 24.3 Å². The van der Waals surface area contributed by atoms with Crippen LogP contribution in [-0.4, -0.2) is 45.4 Å². The van der Waals surface area contributed by atoms with Gasteiger partial charge >= 0.3 is 11.9 Å². The number of hydrogen-bond acceptors (Lipinski definition) is 6. The molecule has 2 aromatic heterocycles. The van der Waals surface area contributed by atoms with E-state index in [0.29, 0.717) is 11.3 Å². The Kier molecular flexibility index (Phi) is 5.68. The van der Waals surface area contributed by atoms with E-state index in [2.05, 4.69) is 4.98 Å². The van der Waals surface area contributed by atoms with Crippen molar-refractivity contribution in [1.29, 1.82) is 0 Å². The SMILES string of the molecule is Cn1cc(/C=C2\CC(CO)(COC(=O)/C=C/c3ccccn3)OC2=O)c2ccccc21. The number of ether oxygens (including phenoxy) is 2. The van der Waals surface area contributed by atoms with Gasteiger partial charge in [-0.15, -0.1) is 0 Å². The molecule has 0 bridgehead atoms. The summed E-state index contributed by atoms with van der Waals surface area (Å²) in [5.74, 6) is -1.14. The molecule has 1 atom stereocenters. The van der Waals surface area contributed by atoms with Crippen LogP contribution in [0.3, 0.4) is 0 Å². The predicted octanol–water partition coefficient (Wildman–Crippen LogP) is 2.89. The highest BCUT2D eigenvalue weighted by molar-refractivity contribution is 6.00. The van der Waals surface area contributed by atoms with Crippen molar-refractivity contribution >= 4 is 35.0 Å². The van der Waals surface area contributed by atoms with Gasteiger partial charge in [-0.2, -0.15) is 0 Å². The molecule has 1 saturated heterocycles. The Morgan fingerprint density at radius 1 is 1.29 bits per heavy atom. The number of nitrogens with zero attached hydrogens (tertiary/aromatic N) is 2. The Morgan fingerprint density at radius 2 is 2.10 bits per heavy atom. The van der Waals surface area contributed by atoms with E-state index < -0.39 is 24.1 Å². The van der Waals surface area contributed by atoms with Crippen LogP contribution in [0.1, 0.15) is 17.7 Å². The van der Waals surface area contributed by atoms with Gasteiger partial charge in [0.25, 0.3) is 0 Å². The molecule has 0 aliphatic carbocycles. The zero-order valence-corrected chi connectivity index (χ0v) is 17.0. The molecular formula is C24H22N2O5. The molecule has 1 N–H and O–H groups in total.